The van der Waals surface area contributed by atoms with Crippen molar-refractivity contribution < 1.29 is 19.2 Å². The predicted octanol–water partition coefficient (Wildman–Crippen LogP) is 3.44. The highest BCUT2D eigenvalue weighted by molar-refractivity contribution is 6.18. The number of fused-ring (bicyclic) bond motifs is 2. The first kappa shape index (κ1) is 19.4. The summed E-state index contributed by atoms with van der Waals surface area (Å²) in [7, 11) is 1.26. The summed E-state index contributed by atoms with van der Waals surface area (Å²) in [6, 6.07) is 7.43. The van der Waals surface area contributed by atoms with Gasteiger partial charge in [-0.1, -0.05) is 6.07 Å². The summed E-state index contributed by atoms with van der Waals surface area (Å²) < 4.78 is 4.76. The van der Waals surface area contributed by atoms with E-state index in [1.807, 2.05) is 0 Å². The molecule has 10 heteroatoms. The first-order chi connectivity index (χ1) is 13.5. The van der Waals surface area contributed by atoms with Crippen molar-refractivity contribution in [2.24, 2.45) is 0 Å². The first-order valence-corrected chi connectivity index (χ1v) is 8.81. The summed E-state index contributed by atoms with van der Waals surface area (Å²) >= 11 is 5.59. The molecule has 3 rings (SSSR count). The van der Waals surface area contributed by atoms with Gasteiger partial charge in [0.15, 0.2) is 0 Å². The fraction of sp³-hybridized carbons (Fsp3) is 0.222. The second kappa shape index (κ2) is 8.13. The molecule has 9 nitrogen and oxygen atoms in total. The number of aromatic nitrogens is 2. The zero-order valence-corrected chi connectivity index (χ0v) is 15.5. The van der Waals surface area contributed by atoms with Crippen molar-refractivity contribution in [2.75, 3.05) is 18.3 Å². The normalized spacial score (nSPS) is 10.8. The number of amides is 1. The van der Waals surface area contributed by atoms with Crippen LogP contribution >= 0.6 is 11.6 Å². The molecular formula is C18H15ClN4O5. The van der Waals surface area contributed by atoms with Gasteiger partial charge in [-0.3, -0.25) is 14.9 Å². The van der Waals surface area contributed by atoms with Crippen LogP contribution in [0.3, 0.4) is 0 Å². The van der Waals surface area contributed by atoms with Crippen LogP contribution in [-0.4, -0.2) is 39.8 Å². The lowest BCUT2D eigenvalue weighted by Crippen LogP contribution is -2.14. The Bertz CT molecular complexity index is 1100. The van der Waals surface area contributed by atoms with E-state index >= 15 is 0 Å². The Morgan fingerprint density at radius 3 is 2.57 bits per heavy atom. The molecule has 0 aliphatic rings. The van der Waals surface area contributed by atoms with Crippen LogP contribution in [0, 0.1) is 10.1 Å². The van der Waals surface area contributed by atoms with Gasteiger partial charge in [0.25, 0.3) is 5.69 Å². The number of nitro groups is 1. The quantitative estimate of drug-likeness (QED) is 0.220. The third-order valence-electron chi connectivity index (χ3n) is 4.02. The third-order valence-corrected chi connectivity index (χ3v) is 4.29. The van der Waals surface area contributed by atoms with E-state index in [0.29, 0.717) is 28.9 Å². The Labute approximate surface area is 163 Å². The molecule has 2 aromatic carbocycles. The number of carbonyl (C=O) groups is 2. The Hall–Kier alpha value is -3.33. The number of hydrogen-bond acceptors (Lipinski definition) is 7. The lowest BCUT2D eigenvalue weighted by atomic mass is 10.1. The zero-order valence-electron chi connectivity index (χ0n) is 14.8. The highest BCUT2D eigenvalue weighted by Crippen LogP contribution is 2.33. The van der Waals surface area contributed by atoms with Crippen molar-refractivity contribution in [1.82, 2.24) is 9.97 Å². The molecule has 144 valence electrons. The summed E-state index contributed by atoms with van der Waals surface area (Å²) in [5, 5.41) is 14.0. The van der Waals surface area contributed by atoms with Gasteiger partial charge in [0.1, 0.15) is 16.7 Å². The van der Waals surface area contributed by atoms with Crippen molar-refractivity contribution in [3.63, 3.8) is 0 Å². The van der Waals surface area contributed by atoms with Crippen molar-refractivity contribution >= 4 is 56.9 Å². The number of hydrogen-bond donors (Lipinski definition) is 1. The summed E-state index contributed by atoms with van der Waals surface area (Å²) in [5.74, 6) is -0.691. The molecule has 0 aliphatic heterocycles. The number of carbonyl (C=O) groups excluding carboxylic acids is 2. The van der Waals surface area contributed by atoms with Gasteiger partial charge in [-0.25, -0.2) is 14.8 Å². The standard InChI is InChI=1S/C18H15ClN4O5/c1-28-18(25)10-4-2-5-11-15(10)20-12-7-8-13(23(26)27)17(16(12)21-11)22-14(24)6-3-9-19/h2,4-5,7-8H,3,6,9H2,1H3,(H,22,24). The number of nitrogens with one attached hydrogen (secondary N) is 1. The molecule has 3 aromatic rings. The van der Waals surface area contributed by atoms with Gasteiger partial charge in [0.05, 0.1) is 28.6 Å². The van der Waals surface area contributed by atoms with Crippen LogP contribution in [0.15, 0.2) is 30.3 Å². The van der Waals surface area contributed by atoms with Crippen molar-refractivity contribution in [2.45, 2.75) is 12.8 Å². The molecule has 0 aliphatic carbocycles. The van der Waals surface area contributed by atoms with Crippen LogP contribution < -0.4 is 5.32 Å². The lowest BCUT2D eigenvalue weighted by molar-refractivity contribution is -0.383. The first-order valence-electron chi connectivity index (χ1n) is 8.28. The Balaban J connectivity index is 2.23. The van der Waals surface area contributed by atoms with Crippen molar-refractivity contribution in [3.8, 4) is 0 Å². The number of alkyl halides is 1. The number of anilines is 1. The number of benzene rings is 2. The van der Waals surface area contributed by atoms with Crippen LogP contribution in [0.5, 0.6) is 0 Å². The maximum Gasteiger partial charge on any atom is 0.340 e. The van der Waals surface area contributed by atoms with Gasteiger partial charge in [0.2, 0.25) is 5.91 Å². The molecule has 0 radical (unpaired) electrons. The van der Waals surface area contributed by atoms with E-state index in [2.05, 4.69) is 15.3 Å². The number of esters is 1. The highest BCUT2D eigenvalue weighted by Gasteiger charge is 2.22. The van der Waals surface area contributed by atoms with Crippen LogP contribution in [0.4, 0.5) is 11.4 Å². The summed E-state index contributed by atoms with van der Waals surface area (Å²) in [4.78, 5) is 43.8. The average Bonchev–Trinajstić information content (AvgIpc) is 2.69. The molecule has 1 aromatic heterocycles. The molecule has 0 saturated carbocycles. The van der Waals surface area contributed by atoms with Gasteiger partial charge in [-0.05, 0) is 24.6 Å². The molecule has 1 amide bonds. The Morgan fingerprint density at radius 1 is 1.18 bits per heavy atom. The predicted molar refractivity (Wildman–Crippen MR) is 104 cm³/mol. The van der Waals surface area contributed by atoms with E-state index in [0.717, 1.165) is 0 Å². The molecule has 0 bridgehead atoms. The minimum atomic E-state index is -0.604. The second-order valence-corrected chi connectivity index (χ2v) is 6.19. The number of nitrogens with zero attached hydrogens (tertiary/aromatic N) is 3. The highest BCUT2D eigenvalue weighted by atomic mass is 35.5. The molecule has 0 fully saturated rings. The zero-order chi connectivity index (χ0) is 20.3. The molecule has 1 heterocycles. The van der Waals surface area contributed by atoms with Crippen LogP contribution in [0.2, 0.25) is 0 Å². The monoisotopic (exact) mass is 402 g/mol. The van der Waals surface area contributed by atoms with Crippen LogP contribution in [0.25, 0.3) is 22.1 Å². The molecule has 1 N–H and O–H groups in total. The van der Waals surface area contributed by atoms with Gasteiger partial charge in [-0.15, -0.1) is 11.6 Å². The van der Waals surface area contributed by atoms with E-state index in [4.69, 9.17) is 16.3 Å². The molecule has 0 unspecified atom stereocenters. The van der Waals surface area contributed by atoms with E-state index in [1.165, 1.54) is 19.2 Å². The van der Waals surface area contributed by atoms with Crippen LogP contribution in [0.1, 0.15) is 23.2 Å². The van der Waals surface area contributed by atoms with Gasteiger partial charge < -0.3 is 10.1 Å². The molecule has 28 heavy (non-hydrogen) atoms. The lowest BCUT2D eigenvalue weighted by Gasteiger charge is -2.10. The average molecular weight is 403 g/mol. The SMILES string of the molecule is COC(=O)c1cccc2nc3c(NC(=O)CCCCl)c([N+](=O)[O-])ccc3nc12. The number of halogens is 1. The van der Waals surface area contributed by atoms with E-state index in [-0.39, 0.29) is 28.9 Å². The minimum Gasteiger partial charge on any atom is -0.465 e. The fourth-order valence-corrected chi connectivity index (χ4v) is 2.87. The Morgan fingerprint density at radius 2 is 1.89 bits per heavy atom. The third kappa shape index (κ3) is 3.70. The number of methoxy groups -OCH3 is 1. The number of ether oxygens (including phenoxy) is 1. The smallest absolute Gasteiger partial charge is 0.340 e. The maximum atomic E-state index is 12.1. The van der Waals surface area contributed by atoms with E-state index < -0.39 is 16.8 Å². The summed E-state index contributed by atoms with van der Waals surface area (Å²) in [5.41, 5.74) is 0.970. The Kier molecular flexibility index (Phi) is 5.65. The topological polar surface area (TPSA) is 124 Å². The van der Waals surface area contributed by atoms with Crippen molar-refractivity contribution in [3.05, 3.63) is 46.0 Å². The number of nitro benzene ring substituents is 1. The summed E-state index contributed by atoms with van der Waals surface area (Å²) in [6.45, 7) is 0. The second-order valence-electron chi connectivity index (χ2n) is 5.81. The largest absolute Gasteiger partial charge is 0.465 e. The summed E-state index contributed by atoms with van der Waals surface area (Å²) in [6.07, 6.45) is 0.549. The van der Waals surface area contributed by atoms with E-state index in [1.54, 1.807) is 18.2 Å². The van der Waals surface area contributed by atoms with Gasteiger partial charge >= 0.3 is 5.97 Å². The molecular weight excluding hydrogens is 388 g/mol. The molecule has 0 atom stereocenters. The number of rotatable bonds is 6. The van der Waals surface area contributed by atoms with E-state index in [9.17, 15) is 19.7 Å². The van der Waals surface area contributed by atoms with Crippen molar-refractivity contribution in [1.29, 1.82) is 0 Å². The van der Waals surface area contributed by atoms with Gasteiger partial charge in [0, 0.05) is 18.4 Å². The van der Waals surface area contributed by atoms with Crippen LogP contribution in [-0.2, 0) is 9.53 Å². The molecule has 0 spiro atoms. The number of para-hydroxylation sites is 1. The fourth-order valence-electron chi connectivity index (χ4n) is 2.73. The molecule has 0 saturated heterocycles. The minimum absolute atomic E-state index is 0.0417. The van der Waals surface area contributed by atoms with Gasteiger partial charge in [-0.2, -0.15) is 0 Å². The maximum absolute atomic E-state index is 12.1.